The van der Waals surface area contributed by atoms with E-state index in [-0.39, 0.29) is 17.9 Å². The largest absolute Gasteiger partial charge is 0.348 e. The molecule has 4 heteroatoms. The third-order valence-electron chi connectivity index (χ3n) is 2.11. The van der Waals surface area contributed by atoms with Gasteiger partial charge >= 0.3 is 0 Å². The van der Waals surface area contributed by atoms with Crippen LogP contribution in [0.5, 0.6) is 0 Å². The Bertz CT molecular complexity index is 280. The van der Waals surface area contributed by atoms with Crippen LogP contribution in [0.4, 0.5) is 0 Å². The van der Waals surface area contributed by atoms with Gasteiger partial charge in [0.25, 0.3) is 0 Å². The molecule has 1 aliphatic rings. The number of likely N-dealkylation sites (N-methyl/N-ethyl adjacent to an activating group) is 1. The molecule has 0 spiro atoms. The summed E-state index contributed by atoms with van der Waals surface area (Å²) in [6.07, 6.45) is 1.96. The van der Waals surface area contributed by atoms with Gasteiger partial charge in [-0.2, -0.15) is 0 Å². The first-order chi connectivity index (χ1) is 6.49. The molecule has 78 valence electrons. The van der Waals surface area contributed by atoms with Crippen molar-refractivity contribution in [2.45, 2.75) is 26.3 Å². The highest BCUT2D eigenvalue weighted by Crippen LogP contribution is 2.08. The Labute approximate surface area is 84.0 Å². The second-order valence-corrected chi connectivity index (χ2v) is 3.91. The van der Waals surface area contributed by atoms with E-state index in [1.165, 1.54) is 0 Å². The molecule has 1 fully saturated rings. The van der Waals surface area contributed by atoms with Crippen LogP contribution in [-0.2, 0) is 9.59 Å². The standard InChI is InChI=1S/C10H16N2O2/c1-7(2)4-9(13)11-8-5-10(14)12(3)6-8/h4,8H,5-6H2,1-3H3,(H,11,13). The molecule has 2 amide bonds. The van der Waals surface area contributed by atoms with E-state index in [2.05, 4.69) is 5.32 Å². The number of hydrogen-bond acceptors (Lipinski definition) is 2. The van der Waals surface area contributed by atoms with E-state index in [0.29, 0.717) is 13.0 Å². The summed E-state index contributed by atoms with van der Waals surface area (Å²) in [5, 5.41) is 2.79. The Morgan fingerprint density at radius 1 is 1.57 bits per heavy atom. The van der Waals surface area contributed by atoms with Gasteiger partial charge < -0.3 is 10.2 Å². The fraction of sp³-hybridized carbons (Fsp3) is 0.600. The molecule has 1 atom stereocenters. The number of nitrogens with zero attached hydrogens (tertiary/aromatic N) is 1. The lowest BCUT2D eigenvalue weighted by Gasteiger charge is -2.10. The fourth-order valence-electron chi connectivity index (χ4n) is 1.47. The zero-order valence-corrected chi connectivity index (χ0v) is 8.83. The van der Waals surface area contributed by atoms with Crippen molar-refractivity contribution < 1.29 is 9.59 Å². The van der Waals surface area contributed by atoms with Crippen LogP contribution in [0.15, 0.2) is 11.6 Å². The number of likely N-dealkylation sites (tertiary alicyclic amines) is 1. The quantitative estimate of drug-likeness (QED) is 0.646. The van der Waals surface area contributed by atoms with Crippen molar-refractivity contribution in [3.05, 3.63) is 11.6 Å². The molecule has 0 bridgehead atoms. The summed E-state index contributed by atoms with van der Waals surface area (Å²) in [7, 11) is 1.75. The molecule has 0 saturated carbocycles. The molecule has 14 heavy (non-hydrogen) atoms. The minimum atomic E-state index is -0.113. The minimum absolute atomic E-state index is 0.0319. The van der Waals surface area contributed by atoms with Gasteiger partial charge in [0.15, 0.2) is 0 Å². The first-order valence-electron chi connectivity index (χ1n) is 4.68. The maximum atomic E-state index is 11.3. The van der Waals surface area contributed by atoms with Crippen molar-refractivity contribution >= 4 is 11.8 Å². The predicted octanol–water partition coefficient (Wildman–Crippen LogP) is 0.299. The van der Waals surface area contributed by atoms with E-state index in [4.69, 9.17) is 0 Å². The average Bonchev–Trinajstić information content (AvgIpc) is 2.28. The first kappa shape index (κ1) is 10.8. The molecule has 0 aromatic rings. The maximum absolute atomic E-state index is 11.3. The third kappa shape index (κ3) is 2.87. The lowest BCUT2D eigenvalue weighted by atomic mass is 10.2. The Balaban J connectivity index is 2.44. The van der Waals surface area contributed by atoms with E-state index in [0.717, 1.165) is 5.57 Å². The Kier molecular flexibility index (Phi) is 3.28. The van der Waals surface area contributed by atoms with Gasteiger partial charge in [0.2, 0.25) is 11.8 Å². The van der Waals surface area contributed by atoms with Gasteiger partial charge in [-0.25, -0.2) is 0 Å². The molecule has 1 heterocycles. The minimum Gasteiger partial charge on any atom is -0.348 e. The number of amides is 2. The van der Waals surface area contributed by atoms with Gasteiger partial charge in [0, 0.05) is 26.1 Å². The van der Waals surface area contributed by atoms with Crippen molar-refractivity contribution in [2.75, 3.05) is 13.6 Å². The number of carbonyl (C=O) groups is 2. The Hall–Kier alpha value is -1.32. The van der Waals surface area contributed by atoms with Crippen LogP contribution in [0.1, 0.15) is 20.3 Å². The molecule has 0 aromatic carbocycles. The first-order valence-corrected chi connectivity index (χ1v) is 4.68. The highest BCUT2D eigenvalue weighted by atomic mass is 16.2. The second kappa shape index (κ2) is 4.26. The zero-order chi connectivity index (χ0) is 10.7. The summed E-state index contributed by atoms with van der Waals surface area (Å²) in [4.78, 5) is 24.1. The Morgan fingerprint density at radius 2 is 2.21 bits per heavy atom. The van der Waals surface area contributed by atoms with Crippen molar-refractivity contribution in [1.82, 2.24) is 10.2 Å². The summed E-state index contributed by atoms with van der Waals surface area (Å²) < 4.78 is 0. The molecule has 0 aromatic heterocycles. The number of rotatable bonds is 2. The van der Waals surface area contributed by atoms with E-state index < -0.39 is 0 Å². The molecule has 0 radical (unpaired) electrons. The molecule has 0 aliphatic carbocycles. The van der Waals surface area contributed by atoms with Crippen molar-refractivity contribution in [2.24, 2.45) is 0 Å². The smallest absolute Gasteiger partial charge is 0.244 e. The van der Waals surface area contributed by atoms with E-state index >= 15 is 0 Å². The normalized spacial score (nSPS) is 20.9. The molecule has 1 N–H and O–H groups in total. The van der Waals surface area contributed by atoms with E-state index in [1.807, 2.05) is 13.8 Å². The van der Waals surface area contributed by atoms with Crippen molar-refractivity contribution in [3.63, 3.8) is 0 Å². The summed E-state index contributed by atoms with van der Waals surface area (Å²) in [6, 6.07) is -0.0319. The third-order valence-corrected chi connectivity index (χ3v) is 2.11. The average molecular weight is 196 g/mol. The molecule has 1 saturated heterocycles. The van der Waals surface area contributed by atoms with Crippen molar-refractivity contribution in [3.8, 4) is 0 Å². The van der Waals surface area contributed by atoms with Crippen LogP contribution < -0.4 is 5.32 Å². The van der Waals surface area contributed by atoms with Gasteiger partial charge in [0.1, 0.15) is 0 Å². The molecular weight excluding hydrogens is 180 g/mol. The van der Waals surface area contributed by atoms with E-state index in [1.54, 1.807) is 18.0 Å². The van der Waals surface area contributed by atoms with Crippen LogP contribution in [0.3, 0.4) is 0 Å². The van der Waals surface area contributed by atoms with Crippen LogP contribution in [-0.4, -0.2) is 36.3 Å². The lowest BCUT2D eigenvalue weighted by molar-refractivity contribution is -0.126. The number of hydrogen-bond donors (Lipinski definition) is 1. The number of allylic oxidation sites excluding steroid dienone is 1. The fourth-order valence-corrected chi connectivity index (χ4v) is 1.47. The van der Waals surface area contributed by atoms with Crippen LogP contribution >= 0.6 is 0 Å². The van der Waals surface area contributed by atoms with Gasteiger partial charge in [-0.15, -0.1) is 0 Å². The SMILES string of the molecule is CC(C)=CC(=O)NC1CC(=O)N(C)C1. The number of nitrogens with one attached hydrogen (secondary N) is 1. The van der Waals surface area contributed by atoms with Crippen LogP contribution in [0, 0.1) is 0 Å². The van der Waals surface area contributed by atoms with Gasteiger partial charge in [0.05, 0.1) is 6.04 Å². The zero-order valence-electron chi connectivity index (χ0n) is 8.83. The topological polar surface area (TPSA) is 49.4 Å². The maximum Gasteiger partial charge on any atom is 0.244 e. The van der Waals surface area contributed by atoms with Gasteiger partial charge in [-0.1, -0.05) is 5.57 Å². The Morgan fingerprint density at radius 3 is 2.64 bits per heavy atom. The monoisotopic (exact) mass is 196 g/mol. The van der Waals surface area contributed by atoms with Crippen LogP contribution in [0.25, 0.3) is 0 Å². The van der Waals surface area contributed by atoms with Gasteiger partial charge in [-0.3, -0.25) is 9.59 Å². The molecular formula is C10H16N2O2. The number of carbonyl (C=O) groups excluding carboxylic acids is 2. The molecule has 1 unspecified atom stereocenters. The molecule has 1 aliphatic heterocycles. The summed E-state index contributed by atoms with van der Waals surface area (Å²) in [5.74, 6) is -0.0226. The summed E-state index contributed by atoms with van der Waals surface area (Å²) in [6.45, 7) is 4.35. The second-order valence-electron chi connectivity index (χ2n) is 3.91. The van der Waals surface area contributed by atoms with Crippen LogP contribution in [0.2, 0.25) is 0 Å². The molecule has 1 rings (SSSR count). The predicted molar refractivity (Wildman–Crippen MR) is 53.6 cm³/mol. The van der Waals surface area contributed by atoms with Gasteiger partial charge in [-0.05, 0) is 13.8 Å². The van der Waals surface area contributed by atoms with E-state index in [9.17, 15) is 9.59 Å². The highest BCUT2D eigenvalue weighted by molar-refractivity contribution is 5.89. The summed E-state index contributed by atoms with van der Waals surface area (Å²) in [5.41, 5.74) is 0.958. The highest BCUT2D eigenvalue weighted by Gasteiger charge is 2.27. The summed E-state index contributed by atoms with van der Waals surface area (Å²) >= 11 is 0. The lowest BCUT2D eigenvalue weighted by Crippen LogP contribution is -2.35. The van der Waals surface area contributed by atoms with Crippen molar-refractivity contribution in [1.29, 1.82) is 0 Å². The molecule has 4 nitrogen and oxygen atoms in total.